The molecule has 20 heavy (non-hydrogen) atoms. The predicted octanol–water partition coefficient (Wildman–Crippen LogP) is 2.23. The van der Waals surface area contributed by atoms with Gasteiger partial charge in [0.05, 0.1) is 29.6 Å². The third kappa shape index (κ3) is 2.27. The van der Waals surface area contributed by atoms with E-state index in [-0.39, 0.29) is 5.69 Å². The maximum absolute atomic E-state index is 12.1. The van der Waals surface area contributed by atoms with Crippen molar-refractivity contribution in [1.82, 2.24) is 19.1 Å². The SMILES string of the molecule is CC(C)Cn1cncc1Cn1c(=O)[nH]c2ccccc21. The maximum atomic E-state index is 12.1. The van der Waals surface area contributed by atoms with Crippen LogP contribution in [0.3, 0.4) is 0 Å². The Morgan fingerprint density at radius 2 is 2.10 bits per heavy atom. The molecular weight excluding hydrogens is 252 g/mol. The summed E-state index contributed by atoms with van der Waals surface area (Å²) < 4.78 is 3.86. The van der Waals surface area contributed by atoms with Crippen molar-refractivity contribution in [2.75, 3.05) is 0 Å². The molecule has 3 aromatic rings. The number of imidazole rings is 2. The number of nitrogens with one attached hydrogen (secondary N) is 1. The van der Waals surface area contributed by atoms with Gasteiger partial charge in [-0.05, 0) is 18.1 Å². The quantitative estimate of drug-likeness (QED) is 0.790. The number of H-pyrrole nitrogens is 1. The fraction of sp³-hybridized carbons (Fsp3) is 0.333. The van der Waals surface area contributed by atoms with Crippen molar-refractivity contribution in [1.29, 1.82) is 0 Å². The van der Waals surface area contributed by atoms with Crippen LogP contribution >= 0.6 is 0 Å². The molecule has 0 saturated carbocycles. The standard InChI is InChI=1S/C15H18N4O/c1-11(2)8-18-10-16-7-12(18)9-19-14-6-4-3-5-13(14)17-15(19)20/h3-7,10-11H,8-9H2,1-2H3,(H,17,20). The molecular formula is C15H18N4O. The Morgan fingerprint density at radius 1 is 1.30 bits per heavy atom. The molecule has 0 bridgehead atoms. The minimum absolute atomic E-state index is 0.0801. The topological polar surface area (TPSA) is 55.6 Å². The highest BCUT2D eigenvalue weighted by Crippen LogP contribution is 2.12. The molecule has 0 amide bonds. The van der Waals surface area contributed by atoms with Gasteiger partial charge < -0.3 is 9.55 Å². The first kappa shape index (κ1) is 12.7. The van der Waals surface area contributed by atoms with Gasteiger partial charge in [0.1, 0.15) is 0 Å². The lowest BCUT2D eigenvalue weighted by Gasteiger charge is -2.11. The van der Waals surface area contributed by atoms with Crippen LogP contribution in [0.4, 0.5) is 0 Å². The number of benzene rings is 1. The minimum Gasteiger partial charge on any atom is -0.333 e. The van der Waals surface area contributed by atoms with E-state index in [0.717, 1.165) is 23.3 Å². The Bertz CT molecular complexity index is 778. The first-order valence-corrected chi connectivity index (χ1v) is 6.81. The van der Waals surface area contributed by atoms with Crippen LogP contribution in [0.1, 0.15) is 19.5 Å². The van der Waals surface area contributed by atoms with E-state index >= 15 is 0 Å². The number of aromatic nitrogens is 4. The van der Waals surface area contributed by atoms with Gasteiger partial charge in [-0.25, -0.2) is 9.78 Å². The number of nitrogens with zero attached hydrogens (tertiary/aromatic N) is 3. The zero-order chi connectivity index (χ0) is 14.1. The van der Waals surface area contributed by atoms with Crippen LogP contribution in [-0.2, 0) is 13.1 Å². The molecule has 5 nitrogen and oxygen atoms in total. The highest BCUT2D eigenvalue weighted by molar-refractivity contribution is 5.74. The summed E-state index contributed by atoms with van der Waals surface area (Å²) >= 11 is 0. The molecule has 3 rings (SSSR count). The normalized spacial score (nSPS) is 11.6. The summed E-state index contributed by atoms with van der Waals surface area (Å²) in [7, 11) is 0. The average molecular weight is 270 g/mol. The second kappa shape index (κ2) is 5.00. The van der Waals surface area contributed by atoms with Crippen LogP contribution in [-0.4, -0.2) is 19.1 Å². The molecule has 0 fully saturated rings. The fourth-order valence-corrected chi connectivity index (χ4v) is 2.46. The number of hydrogen-bond acceptors (Lipinski definition) is 2. The van der Waals surface area contributed by atoms with Crippen molar-refractivity contribution in [3.05, 3.63) is 53.0 Å². The molecule has 0 radical (unpaired) electrons. The van der Waals surface area contributed by atoms with Crippen molar-refractivity contribution < 1.29 is 0 Å². The molecule has 1 N–H and O–H groups in total. The van der Waals surface area contributed by atoms with Gasteiger partial charge in [0, 0.05) is 12.7 Å². The van der Waals surface area contributed by atoms with Crippen molar-refractivity contribution in [3.63, 3.8) is 0 Å². The van der Waals surface area contributed by atoms with E-state index in [4.69, 9.17) is 0 Å². The number of rotatable bonds is 4. The molecule has 0 aliphatic carbocycles. The van der Waals surface area contributed by atoms with Crippen LogP contribution in [0, 0.1) is 5.92 Å². The molecule has 2 heterocycles. The van der Waals surface area contributed by atoms with Gasteiger partial charge in [0.2, 0.25) is 0 Å². The molecule has 1 aromatic carbocycles. The van der Waals surface area contributed by atoms with E-state index in [2.05, 4.69) is 28.4 Å². The summed E-state index contributed by atoms with van der Waals surface area (Å²) in [5, 5.41) is 0. The first-order chi connectivity index (χ1) is 9.65. The molecule has 2 aromatic heterocycles. The van der Waals surface area contributed by atoms with E-state index in [9.17, 15) is 4.79 Å². The van der Waals surface area contributed by atoms with Crippen LogP contribution < -0.4 is 5.69 Å². The van der Waals surface area contributed by atoms with Gasteiger partial charge in [-0.3, -0.25) is 4.57 Å². The molecule has 0 aliphatic heterocycles. The lowest BCUT2D eigenvalue weighted by molar-refractivity contribution is 0.504. The Kier molecular flexibility index (Phi) is 3.18. The highest BCUT2D eigenvalue weighted by atomic mass is 16.1. The summed E-state index contributed by atoms with van der Waals surface area (Å²) in [6.45, 7) is 5.78. The van der Waals surface area contributed by atoms with E-state index in [1.165, 1.54) is 0 Å². The van der Waals surface area contributed by atoms with Crippen LogP contribution in [0.5, 0.6) is 0 Å². The van der Waals surface area contributed by atoms with Gasteiger partial charge >= 0.3 is 5.69 Å². The largest absolute Gasteiger partial charge is 0.333 e. The number of para-hydroxylation sites is 2. The lowest BCUT2D eigenvalue weighted by atomic mass is 10.2. The van der Waals surface area contributed by atoms with Crippen molar-refractivity contribution in [3.8, 4) is 0 Å². The molecule has 104 valence electrons. The second-order valence-electron chi connectivity index (χ2n) is 5.46. The second-order valence-corrected chi connectivity index (χ2v) is 5.46. The molecule has 5 heteroatoms. The van der Waals surface area contributed by atoms with Crippen LogP contribution in [0.25, 0.3) is 11.0 Å². The summed E-state index contributed by atoms with van der Waals surface area (Å²) in [6.07, 6.45) is 3.66. The van der Waals surface area contributed by atoms with E-state index < -0.39 is 0 Å². The van der Waals surface area contributed by atoms with Gasteiger partial charge in [0.25, 0.3) is 0 Å². The fourth-order valence-electron chi connectivity index (χ4n) is 2.46. The van der Waals surface area contributed by atoms with Crippen molar-refractivity contribution in [2.24, 2.45) is 5.92 Å². The Hall–Kier alpha value is -2.30. The van der Waals surface area contributed by atoms with E-state index in [1.807, 2.05) is 36.8 Å². The van der Waals surface area contributed by atoms with Crippen LogP contribution in [0.15, 0.2) is 41.6 Å². The summed E-state index contributed by atoms with van der Waals surface area (Å²) in [5.74, 6) is 0.544. The van der Waals surface area contributed by atoms with Crippen LogP contribution in [0.2, 0.25) is 0 Å². The molecule has 0 spiro atoms. The zero-order valence-electron chi connectivity index (χ0n) is 11.7. The zero-order valence-corrected chi connectivity index (χ0v) is 11.7. The van der Waals surface area contributed by atoms with Gasteiger partial charge in [-0.15, -0.1) is 0 Å². The van der Waals surface area contributed by atoms with E-state index in [0.29, 0.717) is 12.5 Å². The van der Waals surface area contributed by atoms with Gasteiger partial charge in [-0.2, -0.15) is 0 Å². The third-order valence-electron chi connectivity index (χ3n) is 3.36. The summed E-state index contributed by atoms with van der Waals surface area (Å²) in [4.78, 5) is 19.2. The maximum Gasteiger partial charge on any atom is 0.326 e. The number of hydrogen-bond donors (Lipinski definition) is 1. The molecule has 0 atom stereocenters. The molecule has 0 aliphatic rings. The van der Waals surface area contributed by atoms with Gasteiger partial charge in [-0.1, -0.05) is 26.0 Å². The monoisotopic (exact) mass is 270 g/mol. The van der Waals surface area contributed by atoms with E-state index in [1.54, 1.807) is 4.57 Å². The third-order valence-corrected chi connectivity index (χ3v) is 3.36. The number of fused-ring (bicyclic) bond motifs is 1. The average Bonchev–Trinajstić information content (AvgIpc) is 2.95. The summed E-state index contributed by atoms with van der Waals surface area (Å²) in [6, 6.07) is 7.73. The molecule has 0 unspecified atom stereocenters. The van der Waals surface area contributed by atoms with Crippen molar-refractivity contribution >= 4 is 11.0 Å². The first-order valence-electron chi connectivity index (χ1n) is 6.81. The summed E-state index contributed by atoms with van der Waals surface area (Å²) in [5.41, 5.74) is 2.76. The predicted molar refractivity (Wildman–Crippen MR) is 78.7 cm³/mol. The minimum atomic E-state index is -0.0801. The Morgan fingerprint density at radius 3 is 2.90 bits per heavy atom. The smallest absolute Gasteiger partial charge is 0.326 e. The van der Waals surface area contributed by atoms with Gasteiger partial charge in [0.15, 0.2) is 0 Å². The Labute approximate surface area is 116 Å². The Balaban J connectivity index is 2.00. The molecule has 0 saturated heterocycles. The highest BCUT2D eigenvalue weighted by Gasteiger charge is 2.10. The lowest BCUT2D eigenvalue weighted by Crippen LogP contribution is -2.19. The van der Waals surface area contributed by atoms with Crippen molar-refractivity contribution in [2.45, 2.75) is 26.9 Å². The number of aromatic amines is 1.